The zero-order valence-corrected chi connectivity index (χ0v) is 26.5. The quantitative estimate of drug-likeness (QED) is 0.246. The van der Waals surface area contributed by atoms with Crippen LogP contribution >= 0.6 is 0 Å². The number of methoxy groups -OCH3 is 1. The fraction of sp³-hybridized carbons (Fsp3) is 0.545. The lowest BCUT2D eigenvalue weighted by Gasteiger charge is -2.43. The number of benzene rings is 1. The Hall–Kier alpha value is -4.35. The van der Waals surface area contributed by atoms with Crippen LogP contribution in [0.25, 0.3) is 0 Å². The number of amides is 3. The minimum absolute atomic E-state index is 0.0653. The van der Waals surface area contributed by atoms with Crippen LogP contribution in [0.5, 0.6) is 5.75 Å². The molecule has 3 aliphatic rings. The van der Waals surface area contributed by atoms with Gasteiger partial charge in [0.2, 0.25) is 11.9 Å². The zero-order chi connectivity index (χ0) is 31.8. The lowest BCUT2D eigenvalue weighted by Crippen LogP contribution is -2.55. The molecule has 1 saturated carbocycles. The molecule has 3 N–H and O–H groups in total. The van der Waals surface area contributed by atoms with Crippen LogP contribution in [0.3, 0.4) is 0 Å². The number of aromatic nitrogens is 2. The molecular weight excluding hydrogens is 574 g/mol. The van der Waals surface area contributed by atoms with Gasteiger partial charge in [-0.1, -0.05) is 31.9 Å². The maximum Gasteiger partial charge on any atom is 0.407 e. The third-order valence-corrected chi connectivity index (χ3v) is 8.79. The van der Waals surface area contributed by atoms with Crippen molar-refractivity contribution < 1.29 is 23.9 Å². The SMILES string of the molecule is CC[C@@H]1C(=O)N(C)c2cnc(Nc3ccc(C(=O)NCCNC(=O)OC4CC/C=C/CCC4)cc3OC)nc2N1C1CCCC1. The molecule has 2 atom stereocenters. The molecule has 0 radical (unpaired) electrons. The average molecular weight is 620 g/mol. The summed E-state index contributed by atoms with van der Waals surface area (Å²) in [6.45, 7) is 2.54. The molecule has 0 saturated heterocycles. The number of alkyl carbamates (subject to hydrolysis) is 1. The lowest BCUT2D eigenvalue weighted by molar-refractivity contribution is -0.120. The first-order valence-corrected chi connectivity index (χ1v) is 16.1. The van der Waals surface area contributed by atoms with E-state index in [2.05, 4.69) is 38.0 Å². The Bertz CT molecular complexity index is 1390. The van der Waals surface area contributed by atoms with Crippen LogP contribution in [-0.4, -0.2) is 73.3 Å². The summed E-state index contributed by atoms with van der Waals surface area (Å²) in [4.78, 5) is 51.5. The molecule has 0 bridgehead atoms. The highest BCUT2D eigenvalue weighted by Gasteiger charge is 2.41. The van der Waals surface area contributed by atoms with E-state index in [0.717, 1.165) is 63.6 Å². The molecule has 1 unspecified atom stereocenters. The molecule has 5 rings (SSSR count). The van der Waals surface area contributed by atoms with E-state index in [0.29, 0.717) is 35.1 Å². The monoisotopic (exact) mass is 619 g/mol. The van der Waals surface area contributed by atoms with Gasteiger partial charge < -0.3 is 35.2 Å². The number of fused-ring (bicyclic) bond motifs is 1. The van der Waals surface area contributed by atoms with E-state index in [1.165, 1.54) is 7.11 Å². The summed E-state index contributed by atoms with van der Waals surface area (Å²) in [5, 5.41) is 8.78. The first-order valence-electron chi connectivity index (χ1n) is 16.1. The van der Waals surface area contributed by atoms with E-state index < -0.39 is 6.09 Å². The van der Waals surface area contributed by atoms with Crippen LogP contribution in [0.15, 0.2) is 36.5 Å². The van der Waals surface area contributed by atoms with Crippen molar-refractivity contribution in [3.63, 3.8) is 0 Å². The van der Waals surface area contributed by atoms with Gasteiger partial charge in [-0.05, 0) is 69.6 Å². The predicted octanol–water partition coefficient (Wildman–Crippen LogP) is 5.08. The second kappa shape index (κ2) is 15.1. The Labute approximate surface area is 264 Å². The summed E-state index contributed by atoms with van der Waals surface area (Å²) >= 11 is 0. The van der Waals surface area contributed by atoms with Crippen LogP contribution in [-0.2, 0) is 9.53 Å². The van der Waals surface area contributed by atoms with Crippen LogP contribution in [0.1, 0.15) is 81.5 Å². The Morgan fingerprint density at radius 3 is 2.58 bits per heavy atom. The summed E-state index contributed by atoms with van der Waals surface area (Å²) < 4.78 is 11.1. The minimum Gasteiger partial charge on any atom is -0.495 e. The standard InChI is InChI=1S/C33H45N7O5/c1-4-26-31(42)39(2)27-21-36-32(38-29(27)40(26)23-12-10-11-13-23)37-25-17-16-22(20-28(25)44-3)30(41)34-18-19-35-33(43)45-24-14-8-6-5-7-9-15-24/h5-6,16-17,20-21,23-24,26H,4,7-15,18-19H2,1-3H3,(H,34,41)(H,35,43)(H,36,37,38)/b6-5+/t24?,26-/m1/s1. The van der Waals surface area contributed by atoms with Crippen molar-refractivity contribution in [2.45, 2.75) is 89.3 Å². The van der Waals surface area contributed by atoms with Crippen LogP contribution < -0.4 is 30.5 Å². The van der Waals surface area contributed by atoms with Crippen LogP contribution in [0, 0.1) is 0 Å². The summed E-state index contributed by atoms with van der Waals surface area (Å²) in [7, 11) is 3.31. The molecule has 3 amide bonds. The third kappa shape index (κ3) is 7.66. The number of hydrogen-bond acceptors (Lipinski definition) is 9. The van der Waals surface area contributed by atoms with Crippen LogP contribution in [0.2, 0.25) is 0 Å². The minimum atomic E-state index is -0.463. The number of hydrogen-bond donors (Lipinski definition) is 3. The Kier molecular flexibility index (Phi) is 10.7. The van der Waals surface area contributed by atoms with Gasteiger partial charge in [0.05, 0.1) is 19.0 Å². The second-order valence-corrected chi connectivity index (χ2v) is 11.8. The molecule has 1 fully saturated rings. The molecule has 2 aromatic rings. The number of likely N-dealkylation sites (N-methyl/N-ethyl adjacent to an activating group) is 1. The normalized spacial score (nSPS) is 20.9. The molecule has 2 aliphatic carbocycles. The van der Waals surface area contributed by atoms with Gasteiger partial charge in [0.25, 0.3) is 5.91 Å². The van der Waals surface area contributed by atoms with Crippen molar-refractivity contribution in [1.29, 1.82) is 0 Å². The van der Waals surface area contributed by atoms with Gasteiger partial charge in [-0.2, -0.15) is 4.98 Å². The predicted molar refractivity (Wildman–Crippen MR) is 173 cm³/mol. The maximum atomic E-state index is 13.2. The molecule has 2 heterocycles. The summed E-state index contributed by atoms with van der Waals surface area (Å²) in [5.74, 6) is 1.35. The van der Waals surface area contributed by atoms with Gasteiger partial charge in [0.1, 0.15) is 23.6 Å². The van der Waals surface area contributed by atoms with Gasteiger partial charge in [-0.25, -0.2) is 9.78 Å². The van der Waals surface area contributed by atoms with Crippen molar-refractivity contribution in [2.75, 3.05) is 42.4 Å². The fourth-order valence-corrected chi connectivity index (χ4v) is 6.38. The highest BCUT2D eigenvalue weighted by molar-refractivity contribution is 6.04. The molecule has 12 nitrogen and oxygen atoms in total. The number of nitrogens with zero attached hydrogens (tertiary/aromatic N) is 4. The Balaban J connectivity index is 1.19. The van der Waals surface area contributed by atoms with Crippen LogP contribution in [0.4, 0.5) is 27.9 Å². The highest BCUT2D eigenvalue weighted by Crippen LogP contribution is 2.40. The van der Waals surface area contributed by atoms with Crippen molar-refractivity contribution in [1.82, 2.24) is 20.6 Å². The highest BCUT2D eigenvalue weighted by atomic mass is 16.6. The summed E-state index contributed by atoms with van der Waals surface area (Å²) in [5.41, 5.74) is 1.70. The summed E-state index contributed by atoms with van der Waals surface area (Å²) in [6.07, 6.45) is 15.1. The van der Waals surface area contributed by atoms with Crippen molar-refractivity contribution >= 4 is 41.0 Å². The van der Waals surface area contributed by atoms with E-state index in [1.807, 2.05) is 6.92 Å². The van der Waals surface area contributed by atoms with E-state index in [-0.39, 0.29) is 43.1 Å². The Morgan fingerprint density at radius 2 is 1.80 bits per heavy atom. The van der Waals surface area contributed by atoms with E-state index in [1.54, 1.807) is 36.3 Å². The fourth-order valence-electron chi connectivity index (χ4n) is 6.38. The van der Waals surface area contributed by atoms with Crippen molar-refractivity contribution in [3.8, 4) is 5.75 Å². The number of allylic oxidation sites excluding steroid dienone is 2. The largest absolute Gasteiger partial charge is 0.495 e. The van der Waals surface area contributed by atoms with E-state index in [4.69, 9.17) is 14.5 Å². The number of anilines is 4. The van der Waals surface area contributed by atoms with E-state index in [9.17, 15) is 14.4 Å². The number of nitrogens with one attached hydrogen (secondary N) is 3. The van der Waals surface area contributed by atoms with Gasteiger partial charge >= 0.3 is 6.09 Å². The molecule has 0 spiro atoms. The molecule has 1 aromatic carbocycles. The number of carbonyl (C=O) groups excluding carboxylic acids is 3. The first-order chi connectivity index (χ1) is 21.9. The smallest absolute Gasteiger partial charge is 0.407 e. The molecule has 1 aromatic heterocycles. The molecule has 45 heavy (non-hydrogen) atoms. The van der Waals surface area contributed by atoms with E-state index >= 15 is 0 Å². The molecular formula is C33H45N7O5. The molecule has 12 heteroatoms. The van der Waals surface area contributed by atoms with Gasteiger partial charge in [0.15, 0.2) is 5.82 Å². The number of ether oxygens (including phenoxy) is 2. The molecule has 242 valence electrons. The van der Waals surface area contributed by atoms with Gasteiger partial charge in [-0.3, -0.25) is 9.59 Å². The van der Waals surface area contributed by atoms with Gasteiger partial charge in [0, 0.05) is 31.7 Å². The first kappa shape index (κ1) is 32.1. The Morgan fingerprint density at radius 1 is 1.02 bits per heavy atom. The third-order valence-electron chi connectivity index (χ3n) is 8.79. The van der Waals surface area contributed by atoms with Gasteiger partial charge in [-0.15, -0.1) is 0 Å². The lowest BCUT2D eigenvalue weighted by atomic mass is 10.0. The van der Waals surface area contributed by atoms with Crippen molar-refractivity contribution in [2.24, 2.45) is 0 Å². The zero-order valence-electron chi connectivity index (χ0n) is 26.5. The van der Waals surface area contributed by atoms with Crippen molar-refractivity contribution in [3.05, 3.63) is 42.1 Å². The number of carbonyl (C=O) groups is 3. The topological polar surface area (TPSA) is 138 Å². The molecule has 1 aliphatic heterocycles. The second-order valence-electron chi connectivity index (χ2n) is 11.8. The summed E-state index contributed by atoms with van der Waals surface area (Å²) in [6, 6.07) is 5.09. The average Bonchev–Trinajstić information content (AvgIpc) is 3.57. The number of rotatable bonds is 10. The maximum absolute atomic E-state index is 13.2.